The number of para-hydroxylation sites is 1. The number of halogens is 2. The Morgan fingerprint density at radius 2 is 1.50 bits per heavy atom. The summed E-state index contributed by atoms with van der Waals surface area (Å²) >= 11 is 12.2. The first kappa shape index (κ1) is 15.2. The molecular weight excluding hydrogens is 317 g/mol. The molecule has 0 saturated carbocycles. The van der Waals surface area contributed by atoms with Crippen molar-refractivity contribution in [3.63, 3.8) is 0 Å². The van der Waals surface area contributed by atoms with Gasteiger partial charge in [-0.15, -0.1) is 0 Å². The molecule has 20 heavy (non-hydrogen) atoms. The minimum Gasteiger partial charge on any atom is -0.264 e. The van der Waals surface area contributed by atoms with E-state index in [2.05, 4.69) is 0 Å². The Balaban J connectivity index is 2.46. The molecule has 0 aliphatic rings. The van der Waals surface area contributed by atoms with Crippen molar-refractivity contribution in [1.82, 2.24) is 0 Å². The Kier molecular flexibility index (Phi) is 4.58. The number of anilines is 1. The van der Waals surface area contributed by atoms with E-state index in [0.29, 0.717) is 15.7 Å². The van der Waals surface area contributed by atoms with Gasteiger partial charge in [-0.2, -0.15) is 0 Å². The number of hydrogen-bond donors (Lipinski definition) is 0. The summed E-state index contributed by atoms with van der Waals surface area (Å²) in [7, 11) is -3.47. The van der Waals surface area contributed by atoms with E-state index in [1.165, 1.54) is 4.31 Å². The van der Waals surface area contributed by atoms with Gasteiger partial charge in [-0.1, -0.05) is 53.5 Å². The molecule has 0 N–H and O–H groups in total. The highest BCUT2D eigenvalue weighted by molar-refractivity contribution is 7.92. The number of sulfonamides is 1. The van der Waals surface area contributed by atoms with Crippen molar-refractivity contribution in [2.45, 2.75) is 6.54 Å². The van der Waals surface area contributed by atoms with Crippen LogP contribution in [0.2, 0.25) is 10.0 Å². The highest BCUT2D eigenvalue weighted by atomic mass is 35.5. The second-order valence-electron chi connectivity index (χ2n) is 4.31. The third-order valence-electron chi connectivity index (χ3n) is 2.79. The van der Waals surface area contributed by atoms with Crippen LogP contribution in [0.4, 0.5) is 5.69 Å². The van der Waals surface area contributed by atoms with E-state index in [1.807, 2.05) is 6.07 Å². The van der Waals surface area contributed by atoms with Crippen LogP contribution in [-0.2, 0) is 16.6 Å². The van der Waals surface area contributed by atoms with Crippen LogP contribution in [0.3, 0.4) is 0 Å². The van der Waals surface area contributed by atoms with Gasteiger partial charge in [0.15, 0.2) is 0 Å². The summed E-state index contributed by atoms with van der Waals surface area (Å²) in [5.41, 5.74) is 1.16. The Morgan fingerprint density at radius 1 is 0.950 bits per heavy atom. The summed E-state index contributed by atoms with van der Waals surface area (Å²) < 4.78 is 25.3. The first-order valence-corrected chi connectivity index (χ1v) is 8.45. The van der Waals surface area contributed by atoms with E-state index >= 15 is 0 Å². The summed E-state index contributed by atoms with van der Waals surface area (Å²) in [4.78, 5) is 0. The molecule has 0 heterocycles. The molecule has 0 amide bonds. The van der Waals surface area contributed by atoms with Gasteiger partial charge in [0.25, 0.3) is 0 Å². The van der Waals surface area contributed by atoms with Crippen molar-refractivity contribution < 1.29 is 8.42 Å². The van der Waals surface area contributed by atoms with Gasteiger partial charge < -0.3 is 0 Å². The van der Waals surface area contributed by atoms with Crippen LogP contribution < -0.4 is 4.31 Å². The molecule has 0 aromatic heterocycles. The van der Waals surface area contributed by atoms with E-state index < -0.39 is 10.0 Å². The Labute approximate surface area is 128 Å². The first-order chi connectivity index (χ1) is 9.39. The smallest absolute Gasteiger partial charge is 0.232 e. The normalized spacial score (nSPS) is 11.3. The molecule has 0 aliphatic heterocycles. The van der Waals surface area contributed by atoms with Gasteiger partial charge in [0.05, 0.1) is 23.5 Å². The van der Waals surface area contributed by atoms with Crippen molar-refractivity contribution in [1.29, 1.82) is 0 Å². The SMILES string of the molecule is CS(=O)(=O)N(Cc1ccccc1Cl)c1ccccc1Cl. The maximum Gasteiger partial charge on any atom is 0.232 e. The molecule has 0 radical (unpaired) electrons. The minimum absolute atomic E-state index is 0.141. The topological polar surface area (TPSA) is 37.4 Å². The monoisotopic (exact) mass is 329 g/mol. The number of hydrogen-bond acceptors (Lipinski definition) is 2. The van der Waals surface area contributed by atoms with E-state index in [-0.39, 0.29) is 6.54 Å². The van der Waals surface area contributed by atoms with Gasteiger partial charge >= 0.3 is 0 Å². The lowest BCUT2D eigenvalue weighted by molar-refractivity contribution is 0.596. The third-order valence-corrected chi connectivity index (χ3v) is 4.61. The first-order valence-electron chi connectivity index (χ1n) is 5.85. The average molecular weight is 330 g/mol. The fourth-order valence-electron chi connectivity index (χ4n) is 1.82. The largest absolute Gasteiger partial charge is 0.264 e. The second-order valence-corrected chi connectivity index (χ2v) is 7.03. The maximum atomic E-state index is 12.0. The zero-order valence-electron chi connectivity index (χ0n) is 10.8. The van der Waals surface area contributed by atoms with E-state index in [1.54, 1.807) is 42.5 Å². The number of rotatable bonds is 4. The van der Waals surface area contributed by atoms with Crippen LogP contribution in [0.5, 0.6) is 0 Å². The van der Waals surface area contributed by atoms with Crippen LogP contribution >= 0.6 is 23.2 Å². The van der Waals surface area contributed by atoms with E-state index in [4.69, 9.17) is 23.2 Å². The zero-order chi connectivity index (χ0) is 14.8. The molecule has 0 bridgehead atoms. The molecule has 0 atom stereocenters. The fourth-order valence-corrected chi connectivity index (χ4v) is 3.19. The van der Waals surface area contributed by atoms with Gasteiger partial charge in [0.1, 0.15) is 0 Å². The fraction of sp³-hybridized carbons (Fsp3) is 0.143. The molecular formula is C14H13Cl2NO2S. The second kappa shape index (κ2) is 6.04. The van der Waals surface area contributed by atoms with E-state index in [0.717, 1.165) is 11.8 Å². The predicted octanol–water partition coefficient (Wildman–Crippen LogP) is 3.96. The van der Waals surface area contributed by atoms with Crippen LogP contribution in [0.15, 0.2) is 48.5 Å². The predicted molar refractivity (Wildman–Crippen MR) is 83.9 cm³/mol. The van der Waals surface area contributed by atoms with Gasteiger partial charge in [0.2, 0.25) is 10.0 Å². The van der Waals surface area contributed by atoms with Crippen molar-refractivity contribution in [3.8, 4) is 0 Å². The number of benzene rings is 2. The maximum absolute atomic E-state index is 12.0. The molecule has 3 nitrogen and oxygen atoms in total. The van der Waals surface area contributed by atoms with Gasteiger partial charge in [0, 0.05) is 5.02 Å². The Hall–Kier alpha value is -1.23. The van der Waals surface area contributed by atoms with Crippen molar-refractivity contribution >= 4 is 38.9 Å². The summed E-state index contributed by atoms with van der Waals surface area (Å²) in [5, 5.41) is 0.901. The molecule has 2 rings (SSSR count). The van der Waals surface area contributed by atoms with Gasteiger partial charge in [-0.25, -0.2) is 8.42 Å². The summed E-state index contributed by atoms with van der Waals surface area (Å²) in [6.07, 6.45) is 1.15. The van der Waals surface area contributed by atoms with Gasteiger partial charge in [-0.3, -0.25) is 4.31 Å². The average Bonchev–Trinajstić information content (AvgIpc) is 2.38. The van der Waals surface area contributed by atoms with Crippen LogP contribution in [0.25, 0.3) is 0 Å². The van der Waals surface area contributed by atoms with Crippen LogP contribution in [-0.4, -0.2) is 14.7 Å². The molecule has 0 aliphatic carbocycles. The lowest BCUT2D eigenvalue weighted by Crippen LogP contribution is -2.29. The standard InChI is InChI=1S/C14H13Cl2NO2S/c1-20(18,19)17(14-9-5-4-8-13(14)16)10-11-6-2-3-7-12(11)15/h2-9H,10H2,1H3. The summed E-state index contributed by atoms with van der Waals surface area (Å²) in [6.45, 7) is 0.141. The van der Waals surface area contributed by atoms with Crippen molar-refractivity contribution in [2.24, 2.45) is 0 Å². The molecule has 2 aromatic rings. The molecule has 0 fully saturated rings. The summed E-state index contributed by atoms with van der Waals surface area (Å²) in [6, 6.07) is 13.9. The highest BCUT2D eigenvalue weighted by Crippen LogP contribution is 2.29. The van der Waals surface area contributed by atoms with Gasteiger partial charge in [-0.05, 0) is 23.8 Å². The van der Waals surface area contributed by atoms with Crippen molar-refractivity contribution in [3.05, 3.63) is 64.1 Å². The molecule has 0 unspecified atom stereocenters. The highest BCUT2D eigenvalue weighted by Gasteiger charge is 2.20. The van der Waals surface area contributed by atoms with E-state index in [9.17, 15) is 8.42 Å². The van der Waals surface area contributed by atoms with Crippen molar-refractivity contribution in [2.75, 3.05) is 10.6 Å². The zero-order valence-corrected chi connectivity index (χ0v) is 13.1. The minimum atomic E-state index is -3.47. The summed E-state index contributed by atoms with van der Waals surface area (Å²) in [5.74, 6) is 0. The lowest BCUT2D eigenvalue weighted by atomic mass is 10.2. The molecule has 6 heteroatoms. The Bertz CT molecular complexity index is 717. The lowest BCUT2D eigenvalue weighted by Gasteiger charge is -2.24. The third kappa shape index (κ3) is 3.45. The molecule has 106 valence electrons. The Morgan fingerprint density at radius 3 is 2.05 bits per heavy atom. The molecule has 0 spiro atoms. The van der Waals surface area contributed by atoms with Crippen LogP contribution in [0, 0.1) is 0 Å². The number of nitrogens with zero attached hydrogens (tertiary/aromatic N) is 1. The molecule has 0 saturated heterocycles. The van der Waals surface area contributed by atoms with Crippen LogP contribution in [0.1, 0.15) is 5.56 Å². The quantitative estimate of drug-likeness (QED) is 0.851. The molecule has 2 aromatic carbocycles.